The summed E-state index contributed by atoms with van der Waals surface area (Å²) in [6, 6.07) is -2.35. The van der Waals surface area contributed by atoms with Crippen molar-refractivity contribution in [2.45, 2.75) is 63.6 Å². The highest BCUT2D eigenvalue weighted by molar-refractivity contribution is 5.86. The molecular formula is C14H25N3O8. The smallest absolute Gasteiger partial charge is 0.242 e. The molecule has 0 bridgehead atoms. The highest BCUT2D eigenvalue weighted by atomic mass is 16.7. The zero-order chi connectivity index (χ0) is 19.3. The van der Waals surface area contributed by atoms with Crippen molar-refractivity contribution in [2.75, 3.05) is 6.61 Å². The number of ether oxygens (including phenoxy) is 2. The maximum absolute atomic E-state index is 11.5. The van der Waals surface area contributed by atoms with E-state index in [9.17, 15) is 29.7 Å². The summed E-state index contributed by atoms with van der Waals surface area (Å²) in [4.78, 5) is 34.0. The van der Waals surface area contributed by atoms with Gasteiger partial charge in [0, 0.05) is 13.8 Å². The number of nitrogens with one attached hydrogen (secondary N) is 2. The van der Waals surface area contributed by atoms with E-state index in [1.807, 2.05) is 0 Å². The maximum Gasteiger partial charge on any atom is 0.242 e. The average Bonchev–Trinajstić information content (AvgIpc) is 2.51. The fourth-order valence-electron chi connectivity index (χ4n) is 2.52. The Morgan fingerprint density at radius 3 is 2.24 bits per heavy atom. The zero-order valence-electron chi connectivity index (χ0n) is 14.2. The summed E-state index contributed by atoms with van der Waals surface area (Å²) in [5, 5.41) is 34.0. The van der Waals surface area contributed by atoms with Crippen LogP contribution in [0.4, 0.5) is 0 Å². The number of aliphatic hydroxyl groups is 3. The molecule has 0 saturated carbocycles. The number of aliphatic hydroxyl groups excluding tert-OH is 3. The SMILES string of the molecule is CC(=O)NC1C(O)[C@H](O)C(CO)O[C@H]1O[C@H](C)C(NC(C)=O)C(N)=O. The Hall–Kier alpha value is -1.79. The van der Waals surface area contributed by atoms with Crippen molar-refractivity contribution in [1.29, 1.82) is 0 Å². The molecule has 4 unspecified atom stereocenters. The van der Waals surface area contributed by atoms with E-state index in [1.165, 1.54) is 20.8 Å². The quantitative estimate of drug-likeness (QED) is 0.267. The summed E-state index contributed by atoms with van der Waals surface area (Å²) < 4.78 is 10.9. The first-order valence-corrected chi connectivity index (χ1v) is 7.69. The highest BCUT2D eigenvalue weighted by Gasteiger charge is 2.46. The van der Waals surface area contributed by atoms with Crippen LogP contribution in [-0.2, 0) is 23.9 Å². The van der Waals surface area contributed by atoms with E-state index < -0.39 is 67.1 Å². The van der Waals surface area contributed by atoms with Crippen molar-refractivity contribution in [1.82, 2.24) is 10.6 Å². The molecule has 0 aromatic heterocycles. The van der Waals surface area contributed by atoms with Crippen LogP contribution < -0.4 is 16.4 Å². The third-order valence-electron chi connectivity index (χ3n) is 3.73. The first-order valence-electron chi connectivity index (χ1n) is 7.69. The first kappa shape index (κ1) is 21.3. The number of carbonyl (C=O) groups excluding carboxylic acids is 3. The molecule has 1 saturated heterocycles. The van der Waals surface area contributed by atoms with Crippen molar-refractivity contribution in [2.24, 2.45) is 5.73 Å². The molecule has 0 aromatic carbocycles. The second-order valence-electron chi connectivity index (χ2n) is 5.85. The molecule has 0 spiro atoms. The van der Waals surface area contributed by atoms with Gasteiger partial charge in [-0.2, -0.15) is 0 Å². The molecule has 1 fully saturated rings. The van der Waals surface area contributed by atoms with E-state index >= 15 is 0 Å². The number of carbonyl (C=O) groups is 3. The van der Waals surface area contributed by atoms with Crippen LogP contribution in [-0.4, -0.2) is 82.4 Å². The predicted molar refractivity (Wildman–Crippen MR) is 82.7 cm³/mol. The van der Waals surface area contributed by atoms with Crippen LogP contribution in [0.2, 0.25) is 0 Å². The lowest BCUT2D eigenvalue weighted by Crippen LogP contribution is -2.65. The molecule has 1 rings (SSSR count). The van der Waals surface area contributed by atoms with Crippen LogP contribution in [0.25, 0.3) is 0 Å². The molecule has 0 radical (unpaired) electrons. The van der Waals surface area contributed by atoms with Gasteiger partial charge in [0.15, 0.2) is 6.29 Å². The van der Waals surface area contributed by atoms with Gasteiger partial charge in [-0.05, 0) is 6.92 Å². The lowest BCUT2D eigenvalue weighted by Gasteiger charge is -2.43. The van der Waals surface area contributed by atoms with Gasteiger partial charge in [0.05, 0.1) is 12.7 Å². The predicted octanol–water partition coefficient (Wildman–Crippen LogP) is -3.67. The zero-order valence-corrected chi connectivity index (χ0v) is 14.2. The van der Waals surface area contributed by atoms with Crippen LogP contribution in [0.15, 0.2) is 0 Å². The van der Waals surface area contributed by atoms with Crippen LogP contribution in [0.5, 0.6) is 0 Å². The van der Waals surface area contributed by atoms with Crippen LogP contribution in [0.3, 0.4) is 0 Å². The number of hydrogen-bond acceptors (Lipinski definition) is 8. The second kappa shape index (κ2) is 9.06. The monoisotopic (exact) mass is 363 g/mol. The minimum absolute atomic E-state index is 0.508. The molecular weight excluding hydrogens is 338 g/mol. The van der Waals surface area contributed by atoms with Gasteiger partial charge in [0.1, 0.15) is 30.4 Å². The molecule has 1 aliphatic rings. The normalized spacial score (nSPS) is 31.7. The van der Waals surface area contributed by atoms with Crippen LogP contribution in [0, 0.1) is 0 Å². The first-order chi connectivity index (χ1) is 11.6. The molecule has 0 aliphatic carbocycles. The minimum atomic E-state index is -1.49. The van der Waals surface area contributed by atoms with Crippen molar-refractivity contribution in [3.63, 3.8) is 0 Å². The lowest BCUT2D eigenvalue weighted by atomic mass is 9.96. The van der Waals surface area contributed by atoms with E-state index in [0.29, 0.717) is 0 Å². The fourth-order valence-corrected chi connectivity index (χ4v) is 2.52. The van der Waals surface area contributed by atoms with Crippen LogP contribution in [0.1, 0.15) is 20.8 Å². The van der Waals surface area contributed by atoms with Gasteiger partial charge in [-0.3, -0.25) is 14.4 Å². The van der Waals surface area contributed by atoms with Crippen molar-refractivity contribution in [3.05, 3.63) is 0 Å². The summed E-state index contributed by atoms with van der Waals surface area (Å²) in [7, 11) is 0. The van der Waals surface area contributed by atoms with E-state index in [-0.39, 0.29) is 0 Å². The van der Waals surface area contributed by atoms with Gasteiger partial charge < -0.3 is 41.2 Å². The number of rotatable bonds is 7. The third-order valence-corrected chi connectivity index (χ3v) is 3.73. The second-order valence-corrected chi connectivity index (χ2v) is 5.85. The Morgan fingerprint density at radius 1 is 1.20 bits per heavy atom. The van der Waals surface area contributed by atoms with Gasteiger partial charge >= 0.3 is 0 Å². The molecule has 11 heteroatoms. The third kappa shape index (κ3) is 5.61. The summed E-state index contributed by atoms with van der Waals surface area (Å²) in [5.41, 5.74) is 5.24. The van der Waals surface area contributed by atoms with Gasteiger partial charge in [0.25, 0.3) is 0 Å². The molecule has 25 heavy (non-hydrogen) atoms. The molecule has 144 valence electrons. The Kier molecular flexibility index (Phi) is 7.70. The van der Waals surface area contributed by atoms with Gasteiger partial charge in [-0.25, -0.2) is 0 Å². The Balaban J connectivity index is 2.97. The number of amides is 3. The number of primary amides is 1. The topological polar surface area (TPSA) is 180 Å². The fraction of sp³-hybridized carbons (Fsp3) is 0.786. The Labute approximate surface area is 144 Å². The largest absolute Gasteiger partial charge is 0.394 e. The van der Waals surface area contributed by atoms with Gasteiger partial charge in [-0.15, -0.1) is 0 Å². The van der Waals surface area contributed by atoms with E-state index in [0.717, 1.165) is 0 Å². The molecule has 11 nitrogen and oxygen atoms in total. The minimum Gasteiger partial charge on any atom is -0.394 e. The summed E-state index contributed by atoms with van der Waals surface area (Å²) in [6.07, 6.45) is -6.39. The standard InChI is InChI=1S/C14H25N3O8/c1-5(9(13(15)23)16-6(2)19)24-14-10(17-7(3)20)12(22)11(21)8(4-18)25-14/h5,8-12,14,18,21-22H,4H2,1-3H3,(H2,15,23)(H,16,19)(H,17,20)/t5-,8?,9?,10?,11-,12?,14-/m1/s1. The molecule has 0 aromatic rings. The molecule has 1 heterocycles. The van der Waals surface area contributed by atoms with Crippen molar-refractivity contribution < 1.29 is 39.2 Å². The van der Waals surface area contributed by atoms with Crippen molar-refractivity contribution >= 4 is 17.7 Å². The Bertz CT molecular complexity index is 502. The van der Waals surface area contributed by atoms with Crippen LogP contribution >= 0.6 is 0 Å². The summed E-state index contributed by atoms with van der Waals surface area (Å²) in [6.45, 7) is 3.22. The highest BCUT2D eigenvalue weighted by Crippen LogP contribution is 2.23. The molecule has 7 N–H and O–H groups in total. The van der Waals surface area contributed by atoms with Gasteiger partial charge in [0.2, 0.25) is 17.7 Å². The molecule has 1 aliphatic heterocycles. The number of nitrogens with two attached hydrogens (primary N) is 1. The Morgan fingerprint density at radius 2 is 1.80 bits per heavy atom. The molecule has 3 amide bonds. The molecule has 7 atom stereocenters. The van der Waals surface area contributed by atoms with E-state index in [1.54, 1.807) is 0 Å². The summed E-state index contributed by atoms with van der Waals surface area (Å²) >= 11 is 0. The number of hydrogen-bond donors (Lipinski definition) is 6. The van der Waals surface area contributed by atoms with E-state index in [4.69, 9.17) is 15.2 Å². The maximum atomic E-state index is 11.5. The van der Waals surface area contributed by atoms with E-state index in [2.05, 4.69) is 10.6 Å². The van der Waals surface area contributed by atoms with Crippen molar-refractivity contribution in [3.8, 4) is 0 Å². The average molecular weight is 363 g/mol. The van der Waals surface area contributed by atoms with Gasteiger partial charge in [-0.1, -0.05) is 0 Å². The lowest BCUT2D eigenvalue weighted by molar-refractivity contribution is -0.281. The summed E-state index contributed by atoms with van der Waals surface area (Å²) in [5.74, 6) is -1.88.